The Morgan fingerprint density at radius 3 is 2.88 bits per heavy atom. The first-order valence-corrected chi connectivity index (χ1v) is 5.16. The lowest BCUT2D eigenvalue weighted by molar-refractivity contribution is 0.981. The molecule has 0 spiro atoms. The van der Waals surface area contributed by atoms with Gasteiger partial charge in [0.1, 0.15) is 6.07 Å². The van der Waals surface area contributed by atoms with E-state index in [0.29, 0.717) is 17.9 Å². The summed E-state index contributed by atoms with van der Waals surface area (Å²) in [7, 11) is 0. The fourth-order valence-electron chi connectivity index (χ4n) is 1.33. The Morgan fingerprint density at radius 2 is 2.18 bits per heavy atom. The quantitative estimate of drug-likeness (QED) is 0.859. The zero-order valence-electron chi connectivity index (χ0n) is 9.38. The van der Waals surface area contributed by atoms with E-state index >= 15 is 0 Å². The molecule has 17 heavy (non-hydrogen) atoms. The number of aryl methyl sites for hydroxylation is 1. The molecule has 84 valence electrons. The minimum absolute atomic E-state index is 0.382. The standard InChI is InChI=1S/C12H11N5/c1-9-6-16-10(7-15-9)8-17-11-3-2-4-14-12(11)5-13/h2-4,6-7,17H,8H2,1H3. The predicted molar refractivity (Wildman–Crippen MR) is 63.0 cm³/mol. The number of nitrogens with one attached hydrogen (secondary N) is 1. The van der Waals surface area contributed by atoms with Gasteiger partial charge in [-0.3, -0.25) is 9.97 Å². The fraction of sp³-hybridized carbons (Fsp3) is 0.167. The van der Waals surface area contributed by atoms with E-state index in [1.54, 1.807) is 24.7 Å². The Bertz CT molecular complexity index is 542. The number of nitriles is 1. The van der Waals surface area contributed by atoms with Crippen molar-refractivity contribution in [3.8, 4) is 6.07 Å². The van der Waals surface area contributed by atoms with Crippen molar-refractivity contribution in [2.24, 2.45) is 0 Å². The van der Waals surface area contributed by atoms with Crippen molar-refractivity contribution in [2.45, 2.75) is 13.5 Å². The molecule has 5 nitrogen and oxygen atoms in total. The second kappa shape index (κ2) is 5.03. The first-order valence-electron chi connectivity index (χ1n) is 5.16. The van der Waals surface area contributed by atoms with Crippen molar-refractivity contribution in [3.63, 3.8) is 0 Å². The van der Waals surface area contributed by atoms with Crippen LogP contribution in [0.2, 0.25) is 0 Å². The maximum atomic E-state index is 8.87. The minimum Gasteiger partial charge on any atom is -0.377 e. The molecule has 0 unspecified atom stereocenters. The lowest BCUT2D eigenvalue weighted by Gasteiger charge is -2.06. The average molecular weight is 225 g/mol. The molecule has 0 saturated heterocycles. The van der Waals surface area contributed by atoms with Gasteiger partial charge in [0.05, 0.1) is 29.8 Å². The van der Waals surface area contributed by atoms with Crippen molar-refractivity contribution >= 4 is 5.69 Å². The third-order valence-corrected chi connectivity index (χ3v) is 2.21. The molecule has 2 rings (SSSR count). The van der Waals surface area contributed by atoms with Crippen molar-refractivity contribution in [3.05, 3.63) is 47.8 Å². The first-order chi connectivity index (χ1) is 8.29. The third-order valence-electron chi connectivity index (χ3n) is 2.21. The molecule has 0 atom stereocenters. The molecule has 0 aliphatic carbocycles. The van der Waals surface area contributed by atoms with Crippen LogP contribution in [0.3, 0.4) is 0 Å². The van der Waals surface area contributed by atoms with Crippen molar-refractivity contribution in [2.75, 3.05) is 5.32 Å². The second-order valence-corrected chi connectivity index (χ2v) is 3.51. The second-order valence-electron chi connectivity index (χ2n) is 3.51. The molecule has 0 saturated carbocycles. The fourth-order valence-corrected chi connectivity index (χ4v) is 1.33. The lowest BCUT2D eigenvalue weighted by atomic mass is 10.3. The number of hydrogen-bond acceptors (Lipinski definition) is 5. The number of anilines is 1. The van der Waals surface area contributed by atoms with E-state index in [1.807, 2.05) is 19.1 Å². The molecule has 0 bridgehead atoms. The Morgan fingerprint density at radius 1 is 1.29 bits per heavy atom. The molecule has 0 aromatic carbocycles. The summed E-state index contributed by atoms with van der Waals surface area (Å²) in [6.07, 6.45) is 5.02. The highest BCUT2D eigenvalue weighted by Gasteiger charge is 2.02. The highest BCUT2D eigenvalue weighted by atomic mass is 14.9. The molecular formula is C12H11N5. The van der Waals surface area contributed by atoms with Gasteiger partial charge in [-0.1, -0.05) is 0 Å². The van der Waals surface area contributed by atoms with Gasteiger partial charge in [0.2, 0.25) is 0 Å². The number of aromatic nitrogens is 3. The van der Waals surface area contributed by atoms with Crippen LogP contribution in [0, 0.1) is 18.3 Å². The summed E-state index contributed by atoms with van der Waals surface area (Å²) in [5.41, 5.74) is 2.79. The molecule has 5 heteroatoms. The third kappa shape index (κ3) is 2.75. The molecule has 1 N–H and O–H groups in total. The van der Waals surface area contributed by atoms with Gasteiger partial charge in [-0.05, 0) is 19.1 Å². The van der Waals surface area contributed by atoms with Crippen LogP contribution >= 0.6 is 0 Å². The number of pyridine rings is 1. The van der Waals surface area contributed by atoms with E-state index in [0.717, 1.165) is 11.4 Å². The van der Waals surface area contributed by atoms with Crippen LogP contribution in [0.5, 0.6) is 0 Å². The predicted octanol–water partition coefficient (Wildman–Crippen LogP) is 1.66. The Hall–Kier alpha value is -2.48. The zero-order valence-corrected chi connectivity index (χ0v) is 9.38. The van der Waals surface area contributed by atoms with Crippen molar-refractivity contribution in [1.29, 1.82) is 5.26 Å². The van der Waals surface area contributed by atoms with Crippen LogP contribution < -0.4 is 5.32 Å². The minimum atomic E-state index is 0.382. The van der Waals surface area contributed by atoms with Gasteiger partial charge in [-0.2, -0.15) is 5.26 Å². The van der Waals surface area contributed by atoms with Crippen LogP contribution in [-0.2, 0) is 6.54 Å². The first kappa shape index (κ1) is 11.0. The van der Waals surface area contributed by atoms with Gasteiger partial charge >= 0.3 is 0 Å². The highest BCUT2D eigenvalue weighted by Crippen LogP contribution is 2.11. The van der Waals surface area contributed by atoms with Crippen LogP contribution in [0.15, 0.2) is 30.7 Å². The largest absolute Gasteiger partial charge is 0.377 e. The van der Waals surface area contributed by atoms with Crippen molar-refractivity contribution in [1.82, 2.24) is 15.0 Å². The van der Waals surface area contributed by atoms with Crippen LogP contribution in [0.1, 0.15) is 17.1 Å². The highest BCUT2D eigenvalue weighted by molar-refractivity contribution is 5.53. The topological polar surface area (TPSA) is 74.5 Å². The summed E-state index contributed by atoms with van der Waals surface area (Å²) in [5.74, 6) is 0. The smallest absolute Gasteiger partial charge is 0.163 e. The summed E-state index contributed by atoms with van der Waals surface area (Å²) < 4.78 is 0. The summed E-state index contributed by atoms with van der Waals surface area (Å²) >= 11 is 0. The van der Waals surface area contributed by atoms with Crippen LogP contribution in [0.25, 0.3) is 0 Å². The molecule has 0 radical (unpaired) electrons. The van der Waals surface area contributed by atoms with Gasteiger partial charge in [0, 0.05) is 12.4 Å². The maximum absolute atomic E-state index is 8.87. The molecule has 2 heterocycles. The van der Waals surface area contributed by atoms with Gasteiger partial charge < -0.3 is 5.32 Å². The Kier molecular flexibility index (Phi) is 3.26. The number of rotatable bonds is 3. The van der Waals surface area contributed by atoms with Gasteiger partial charge in [-0.25, -0.2) is 4.98 Å². The Labute approximate surface area is 99.2 Å². The van der Waals surface area contributed by atoms with Gasteiger partial charge in [-0.15, -0.1) is 0 Å². The van der Waals surface area contributed by atoms with Gasteiger partial charge in [0.15, 0.2) is 5.69 Å². The zero-order chi connectivity index (χ0) is 12.1. The Balaban J connectivity index is 2.08. The summed E-state index contributed by atoms with van der Waals surface area (Å²) in [4.78, 5) is 12.3. The van der Waals surface area contributed by atoms with E-state index in [2.05, 4.69) is 20.3 Å². The van der Waals surface area contributed by atoms with Crippen LogP contribution in [-0.4, -0.2) is 15.0 Å². The molecule has 0 aliphatic rings. The van der Waals surface area contributed by atoms with E-state index in [4.69, 9.17) is 5.26 Å². The molecular weight excluding hydrogens is 214 g/mol. The van der Waals surface area contributed by atoms with Crippen LogP contribution in [0.4, 0.5) is 5.69 Å². The van der Waals surface area contributed by atoms with E-state index in [9.17, 15) is 0 Å². The monoisotopic (exact) mass is 225 g/mol. The van der Waals surface area contributed by atoms with E-state index in [-0.39, 0.29) is 0 Å². The molecule has 0 fully saturated rings. The molecule has 0 aliphatic heterocycles. The average Bonchev–Trinajstić information content (AvgIpc) is 2.38. The van der Waals surface area contributed by atoms with E-state index in [1.165, 1.54) is 0 Å². The summed E-state index contributed by atoms with van der Waals surface area (Å²) in [5, 5.41) is 12.0. The molecule has 2 aromatic heterocycles. The number of nitrogens with zero attached hydrogens (tertiary/aromatic N) is 4. The maximum Gasteiger partial charge on any atom is 0.163 e. The molecule has 0 amide bonds. The normalized spacial score (nSPS) is 9.65. The van der Waals surface area contributed by atoms with E-state index < -0.39 is 0 Å². The SMILES string of the molecule is Cc1cnc(CNc2cccnc2C#N)cn1. The van der Waals surface area contributed by atoms with Crippen molar-refractivity contribution < 1.29 is 0 Å². The summed E-state index contributed by atoms with van der Waals surface area (Å²) in [6.45, 7) is 2.41. The lowest BCUT2D eigenvalue weighted by Crippen LogP contribution is -2.04. The molecule has 2 aromatic rings. The number of hydrogen-bond donors (Lipinski definition) is 1. The van der Waals surface area contributed by atoms with Gasteiger partial charge in [0.25, 0.3) is 0 Å². The summed E-state index contributed by atoms with van der Waals surface area (Å²) in [6, 6.07) is 5.63.